The van der Waals surface area contributed by atoms with Crippen LogP contribution < -0.4 is 5.32 Å². The number of benzene rings is 2. The van der Waals surface area contributed by atoms with Gasteiger partial charge in [0.05, 0.1) is 6.04 Å². The quantitative estimate of drug-likeness (QED) is 0.594. The van der Waals surface area contributed by atoms with E-state index in [1.165, 1.54) is 18.2 Å². The number of phenols is 2. The molecule has 2 rings (SSSR count). The number of aromatic hydroxyl groups is 2. The number of carbonyl (C=O) groups excluding carboxylic acids is 1. The number of phenolic OH excluding ortho intramolecular Hbond substituents is 2. The first-order valence-electron chi connectivity index (χ1n) is 6.05. The zero-order valence-corrected chi connectivity index (χ0v) is 12.2. The Hall–Kier alpha value is -2.01. The van der Waals surface area contributed by atoms with Crippen LogP contribution in [0.5, 0.6) is 11.5 Å². The second kappa shape index (κ2) is 6.43. The lowest BCUT2D eigenvalue weighted by atomic mass is 10.1. The predicted molar refractivity (Wildman–Crippen MR) is 80.2 cm³/mol. The molecule has 20 heavy (non-hydrogen) atoms. The van der Waals surface area contributed by atoms with Crippen molar-refractivity contribution in [2.75, 3.05) is 5.33 Å². The van der Waals surface area contributed by atoms with E-state index in [4.69, 9.17) is 0 Å². The molecule has 0 saturated heterocycles. The van der Waals surface area contributed by atoms with Gasteiger partial charge in [-0.1, -0.05) is 46.3 Å². The smallest absolute Gasteiger partial charge is 0.251 e. The van der Waals surface area contributed by atoms with Gasteiger partial charge in [-0.2, -0.15) is 0 Å². The van der Waals surface area contributed by atoms with E-state index in [-0.39, 0.29) is 23.4 Å². The lowest BCUT2D eigenvalue weighted by molar-refractivity contribution is 0.0940. The first-order chi connectivity index (χ1) is 9.61. The van der Waals surface area contributed by atoms with Crippen LogP contribution in [-0.2, 0) is 0 Å². The Morgan fingerprint density at radius 3 is 2.40 bits per heavy atom. The van der Waals surface area contributed by atoms with Crippen LogP contribution in [0.4, 0.5) is 0 Å². The lowest BCUT2D eigenvalue weighted by Gasteiger charge is -2.16. The number of nitrogens with one attached hydrogen (secondary N) is 1. The Bertz CT molecular complexity index is 601. The van der Waals surface area contributed by atoms with Crippen LogP contribution in [0.3, 0.4) is 0 Å². The van der Waals surface area contributed by atoms with Crippen LogP contribution in [0.15, 0.2) is 48.5 Å². The van der Waals surface area contributed by atoms with E-state index >= 15 is 0 Å². The topological polar surface area (TPSA) is 69.6 Å². The van der Waals surface area contributed by atoms with E-state index in [1.54, 1.807) is 0 Å². The Morgan fingerprint density at radius 1 is 1.10 bits per heavy atom. The first kappa shape index (κ1) is 14.4. The van der Waals surface area contributed by atoms with Gasteiger partial charge in [0.1, 0.15) is 0 Å². The summed E-state index contributed by atoms with van der Waals surface area (Å²) in [6, 6.07) is 13.4. The summed E-state index contributed by atoms with van der Waals surface area (Å²) in [5.41, 5.74) is 1.28. The lowest BCUT2D eigenvalue weighted by Crippen LogP contribution is -2.29. The molecule has 4 nitrogen and oxygen atoms in total. The number of halogens is 1. The number of hydrogen-bond acceptors (Lipinski definition) is 3. The van der Waals surface area contributed by atoms with E-state index in [0.29, 0.717) is 10.9 Å². The van der Waals surface area contributed by atoms with Crippen LogP contribution in [-0.4, -0.2) is 21.5 Å². The normalized spacial score (nSPS) is 11.8. The third kappa shape index (κ3) is 3.30. The number of rotatable bonds is 4. The Balaban J connectivity index is 2.15. The Labute approximate surface area is 125 Å². The fourth-order valence-corrected chi connectivity index (χ4v) is 2.34. The molecule has 2 aromatic rings. The molecule has 1 unspecified atom stereocenters. The fourth-order valence-electron chi connectivity index (χ4n) is 1.80. The maximum absolute atomic E-state index is 12.1. The largest absolute Gasteiger partial charge is 0.504 e. The number of alkyl halides is 1. The van der Waals surface area contributed by atoms with E-state index < -0.39 is 0 Å². The molecule has 0 aliphatic carbocycles. The summed E-state index contributed by atoms with van der Waals surface area (Å²) >= 11 is 3.38. The molecule has 1 atom stereocenters. The van der Waals surface area contributed by atoms with E-state index in [9.17, 15) is 15.0 Å². The molecule has 5 heteroatoms. The van der Waals surface area contributed by atoms with Crippen molar-refractivity contribution in [3.63, 3.8) is 0 Å². The molecule has 0 aliphatic heterocycles. The molecule has 3 N–H and O–H groups in total. The zero-order valence-electron chi connectivity index (χ0n) is 10.6. The third-order valence-corrected chi connectivity index (χ3v) is 3.55. The van der Waals surface area contributed by atoms with Gasteiger partial charge < -0.3 is 15.5 Å². The van der Waals surface area contributed by atoms with Gasteiger partial charge in [0.25, 0.3) is 5.91 Å². The summed E-state index contributed by atoms with van der Waals surface area (Å²) in [5.74, 6) is -0.872. The molecule has 0 aromatic heterocycles. The standard InChI is InChI=1S/C15H14BrNO3/c16-9-12(10-4-2-1-3-5-10)17-15(20)11-6-7-13(18)14(19)8-11/h1-8,12,18-19H,9H2,(H,17,20). The molecular formula is C15H14BrNO3. The van der Waals surface area contributed by atoms with Crippen molar-refractivity contribution >= 4 is 21.8 Å². The van der Waals surface area contributed by atoms with Gasteiger partial charge in [0.15, 0.2) is 11.5 Å². The average molecular weight is 336 g/mol. The molecule has 0 aliphatic rings. The molecule has 0 saturated carbocycles. The molecule has 1 amide bonds. The second-order valence-corrected chi connectivity index (χ2v) is 4.94. The first-order valence-corrected chi connectivity index (χ1v) is 7.17. The van der Waals surface area contributed by atoms with Crippen LogP contribution in [0.2, 0.25) is 0 Å². The highest BCUT2D eigenvalue weighted by Gasteiger charge is 2.15. The van der Waals surface area contributed by atoms with Crippen molar-refractivity contribution in [3.05, 3.63) is 59.7 Å². The van der Waals surface area contributed by atoms with Gasteiger partial charge >= 0.3 is 0 Å². The maximum atomic E-state index is 12.1. The van der Waals surface area contributed by atoms with Crippen LogP contribution in [0.25, 0.3) is 0 Å². The monoisotopic (exact) mass is 335 g/mol. The molecule has 0 spiro atoms. The molecule has 0 bridgehead atoms. The van der Waals surface area contributed by atoms with Gasteiger partial charge in [-0.15, -0.1) is 0 Å². The third-order valence-electron chi connectivity index (χ3n) is 2.90. The summed E-state index contributed by atoms with van der Waals surface area (Å²) in [5, 5.41) is 22.1. The van der Waals surface area contributed by atoms with Crippen molar-refractivity contribution in [2.45, 2.75) is 6.04 Å². The molecule has 0 heterocycles. The minimum atomic E-state index is -0.312. The minimum absolute atomic E-state index is 0.167. The number of carbonyl (C=O) groups is 1. The van der Waals surface area contributed by atoms with Crippen molar-refractivity contribution in [3.8, 4) is 11.5 Å². The molecule has 104 valence electrons. The van der Waals surface area contributed by atoms with Gasteiger partial charge in [0.2, 0.25) is 0 Å². The van der Waals surface area contributed by atoms with E-state index in [2.05, 4.69) is 21.2 Å². The number of amides is 1. The van der Waals surface area contributed by atoms with Crippen molar-refractivity contribution in [1.82, 2.24) is 5.32 Å². The summed E-state index contributed by atoms with van der Waals surface area (Å²) in [7, 11) is 0. The summed E-state index contributed by atoms with van der Waals surface area (Å²) in [4.78, 5) is 12.1. The highest BCUT2D eigenvalue weighted by Crippen LogP contribution is 2.25. The molecular weight excluding hydrogens is 322 g/mol. The highest BCUT2D eigenvalue weighted by atomic mass is 79.9. The summed E-state index contributed by atoms with van der Waals surface area (Å²) in [6.07, 6.45) is 0. The van der Waals surface area contributed by atoms with Crippen molar-refractivity contribution < 1.29 is 15.0 Å². The SMILES string of the molecule is O=C(NC(CBr)c1ccccc1)c1ccc(O)c(O)c1. The number of hydrogen-bond donors (Lipinski definition) is 3. The van der Waals surface area contributed by atoms with E-state index in [0.717, 1.165) is 5.56 Å². The van der Waals surface area contributed by atoms with Crippen molar-refractivity contribution in [2.24, 2.45) is 0 Å². The van der Waals surface area contributed by atoms with Gasteiger partial charge in [-0.3, -0.25) is 4.79 Å². The zero-order chi connectivity index (χ0) is 14.5. The minimum Gasteiger partial charge on any atom is -0.504 e. The van der Waals surface area contributed by atoms with Gasteiger partial charge in [-0.25, -0.2) is 0 Å². The fraction of sp³-hybridized carbons (Fsp3) is 0.133. The van der Waals surface area contributed by atoms with Crippen molar-refractivity contribution in [1.29, 1.82) is 0 Å². The van der Waals surface area contributed by atoms with Gasteiger partial charge in [0, 0.05) is 10.9 Å². The Morgan fingerprint density at radius 2 is 1.80 bits per heavy atom. The van der Waals surface area contributed by atoms with Gasteiger partial charge in [-0.05, 0) is 23.8 Å². The van der Waals surface area contributed by atoms with Crippen LogP contribution in [0, 0.1) is 0 Å². The summed E-state index contributed by atoms with van der Waals surface area (Å²) in [6.45, 7) is 0. The molecule has 2 aromatic carbocycles. The second-order valence-electron chi connectivity index (χ2n) is 4.29. The molecule has 0 radical (unpaired) electrons. The van der Waals surface area contributed by atoms with E-state index in [1.807, 2.05) is 30.3 Å². The highest BCUT2D eigenvalue weighted by molar-refractivity contribution is 9.09. The van der Waals surface area contributed by atoms with Crippen LogP contribution >= 0.6 is 15.9 Å². The maximum Gasteiger partial charge on any atom is 0.251 e. The molecule has 0 fully saturated rings. The summed E-state index contributed by atoms with van der Waals surface area (Å²) < 4.78 is 0. The predicted octanol–water partition coefficient (Wildman–Crippen LogP) is 2.96. The Kier molecular flexibility index (Phi) is 4.63. The van der Waals surface area contributed by atoms with Crippen LogP contribution in [0.1, 0.15) is 22.0 Å². The average Bonchev–Trinajstić information content (AvgIpc) is 2.48.